The van der Waals surface area contributed by atoms with Crippen LogP contribution < -0.4 is 4.74 Å². The van der Waals surface area contributed by atoms with Crippen molar-refractivity contribution < 1.29 is 14.3 Å². The summed E-state index contributed by atoms with van der Waals surface area (Å²) < 4.78 is 9.91. The van der Waals surface area contributed by atoms with Crippen LogP contribution in [0, 0.1) is 0 Å². The van der Waals surface area contributed by atoms with Crippen LogP contribution in [0.2, 0.25) is 0 Å². The lowest BCUT2D eigenvalue weighted by atomic mass is 10.0. The van der Waals surface area contributed by atoms with Crippen molar-refractivity contribution in [1.82, 2.24) is 0 Å². The fourth-order valence-electron chi connectivity index (χ4n) is 1.55. The minimum Gasteiger partial charge on any atom is -0.497 e. The molecular weight excluding hydrogens is 204 g/mol. The van der Waals surface area contributed by atoms with Gasteiger partial charge in [0, 0.05) is 18.1 Å². The van der Waals surface area contributed by atoms with Gasteiger partial charge in [-0.15, -0.1) is 0 Å². The number of cyclic esters (lactones) is 1. The van der Waals surface area contributed by atoms with Crippen molar-refractivity contribution in [2.24, 2.45) is 0 Å². The van der Waals surface area contributed by atoms with Gasteiger partial charge in [0.2, 0.25) is 0 Å². The van der Waals surface area contributed by atoms with Gasteiger partial charge in [0.15, 0.2) is 0 Å². The Labute approximate surface area is 94.0 Å². The maximum atomic E-state index is 11.0. The average Bonchev–Trinajstić information content (AvgIpc) is 2.59. The Morgan fingerprint density at radius 1 is 1.31 bits per heavy atom. The van der Waals surface area contributed by atoms with Crippen molar-refractivity contribution in [2.75, 3.05) is 7.11 Å². The summed E-state index contributed by atoms with van der Waals surface area (Å²) in [6.07, 6.45) is 2.13. The van der Waals surface area contributed by atoms with E-state index in [0.29, 0.717) is 12.2 Å². The molecule has 0 saturated carbocycles. The fraction of sp³-hybridized carbons (Fsp3) is 0.154. The highest BCUT2D eigenvalue weighted by molar-refractivity contribution is 5.88. The van der Waals surface area contributed by atoms with Crippen molar-refractivity contribution in [3.63, 3.8) is 0 Å². The van der Waals surface area contributed by atoms with E-state index in [4.69, 9.17) is 9.47 Å². The molecule has 0 N–H and O–H groups in total. The normalized spacial score (nSPS) is 14.7. The molecule has 0 radical (unpaired) electrons. The third-order valence-corrected chi connectivity index (χ3v) is 2.43. The third-order valence-electron chi connectivity index (χ3n) is 2.43. The van der Waals surface area contributed by atoms with Crippen LogP contribution in [-0.2, 0) is 16.0 Å². The molecule has 2 rings (SSSR count). The van der Waals surface area contributed by atoms with E-state index in [2.05, 4.69) is 6.58 Å². The van der Waals surface area contributed by atoms with Gasteiger partial charge in [0.05, 0.1) is 7.11 Å². The van der Waals surface area contributed by atoms with Gasteiger partial charge >= 0.3 is 5.97 Å². The second kappa shape index (κ2) is 4.23. The van der Waals surface area contributed by atoms with Crippen LogP contribution in [-0.4, -0.2) is 13.1 Å². The SMILES string of the molecule is C=C1OC(=O)C=C1Cc1ccc(OC)cc1. The van der Waals surface area contributed by atoms with E-state index in [1.54, 1.807) is 7.11 Å². The Bertz CT molecular complexity index is 455. The van der Waals surface area contributed by atoms with Gasteiger partial charge in [-0.05, 0) is 17.7 Å². The molecule has 0 aliphatic carbocycles. The second-order valence-corrected chi connectivity index (χ2v) is 3.54. The molecular formula is C13H12O3. The predicted octanol–water partition coefficient (Wildman–Crippen LogP) is 2.23. The summed E-state index contributed by atoms with van der Waals surface area (Å²) in [5.41, 5.74) is 1.92. The van der Waals surface area contributed by atoms with Crippen molar-refractivity contribution in [2.45, 2.75) is 6.42 Å². The number of carbonyl (C=O) groups is 1. The monoisotopic (exact) mass is 216 g/mol. The maximum absolute atomic E-state index is 11.0. The van der Waals surface area contributed by atoms with E-state index >= 15 is 0 Å². The zero-order valence-electron chi connectivity index (χ0n) is 9.03. The lowest BCUT2D eigenvalue weighted by Crippen LogP contribution is -1.92. The molecule has 16 heavy (non-hydrogen) atoms. The standard InChI is InChI=1S/C13H12O3/c1-9-11(8-13(14)16-9)7-10-3-5-12(15-2)6-4-10/h3-6,8H,1,7H2,2H3. The summed E-state index contributed by atoms with van der Waals surface area (Å²) in [5, 5.41) is 0. The minimum atomic E-state index is -0.339. The van der Waals surface area contributed by atoms with Crippen molar-refractivity contribution in [1.29, 1.82) is 0 Å². The highest BCUT2D eigenvalue weighted by Gasteiger charge is 2.17. The summed E-state index contributed by atoms with van der Waals surface area (Å²) in [7, 11) is 1.63. The first-order valence-corrected chi connectivity index (χ1v) is 4.93. The van der Waals surface area contributed by atoms with E-state index < -0.39 is 0 Å². The molecule has 0 unspecified atom stereocenters. The first-order valence-electron chi connectivity index (χ1n) is 4.93. The number of allylic oxidation sites excluding steroid dienone is 1. The molecule has 82 valence electrons. The number of ether oxygens (including phenoxy) is 2. The number of hydrogen-bond acceptors (Lipinski definition) is 3. The van der Waals surface area contributed by atoms with Gasteiger partial charge in [0.25, 0.3) is 0 Å². The van der Waals surface area contributed by atoms with E-state index in [1.807, 2.05) is 24.3 Å². The predicted molar refractivity (Wildman–Crippen MR) is 60.0 cm³/mol. The van der Waals surface area contributed by atoms with Crippen LogP contribution in [0.3, 0.4) is 0 Å². The molecule has 3 heteroatoms. The minimum absolute atomic E-state index is 0.339. The summed E-state index contributed by atoms with van der Waals surface area (Å²) >= 11 is 0. The lowest BCUT2D eigenvalue weighted by Gasteiger charge is -2.04. The fourth-order valence-corrected chi connectivity index (χ4v) is 1.55. The van der Waals surface area contributed by atoms with Crippen LogP contribution >= 0.6 is 0 Å². The number of carbonyl (C=O) groups excluding carboxylic acids is 1. The molecule has 3 nitrogen and oxygen atoms in total. The summed E-state index contributed by atoms with van der Waals surface area (Å²) in [4.78, 5) is 11.0. The van der Waals surface area contributed by atoms with Crippen LogP contribution in [0.4, 0.5) is 0 Å². The average molecular weight is 216 g/mol. The van der Waals surface area contributed by atoms with Gasteiger partial charge in [-0.1, -0.05) is 18.7 Å². The number of benzene rings is 1. The molecule has 1 aliphatic rings. The molecule has 1 aromatic carbocycles. The van der Waals surface area contributed by atoms with Gasteiger partial charge in [0.1, 0.15) is 11.5 Å². The first kappa shape index (κ1) is 10.5. The van der Waals surface area contributed by atoms with Crippen molar-refractivity contribution >= 4 is 5.97 Å². The van der Waals surface area contributed by atoms with Crippen LogP contribution in [0.1, 0.15) is 5.56 Å². The molecule has 1 aliphatic heterocycles. The highest BCUT2D eigenvalue weighted by Crippen LogP contribution is 2.22. The Balaban J connectivity index is 2.12. The summed E-state index contributed by atoms with van der Waals surface area (Å²) in [5.74, 6) is 0.921. The zero-order chi connectivity index (χ0) is 11.5. The molecule has 0 aromatic heterocycles. The quantitative estimate of drug-likeness (QED) is 0.727. The van der Waals surface area contributed by atoms with Gasteiger partial charge in [-0.25, -0.2) is 4.79 Å². The Morgan fingerprint density at radius 2 is 2.00 bits per heavy atom. The number of rotatable bonds is 3. The maximum Gasteiger partial charge on any atom is 0.336 e. The van der Waals surface area contributed by atoms with E-state index in [0.717, 1.165) is 16.9 Å². The molecule has 1 aromatic rings. The third kappa shape index (κ3) is 2.14. The molecule has 0 amide bonds. The van der Waals surface area contributed by atoms with Gasteiger partial charge in [-0.2, -0.15) is 0 Å². The summed E-state index contributed by atoms with van der Waals surface area (Å²) in [6.45, 7) is 3.68. The molecule has 1 heterocycles. The second-order valence-electron chi connectivity index (χ2n) is 3.54. The Morgan fingerprint density at radius 3 is 2.50 bits per heavy atom. The van der Waals surface area contributed by atoms with Crippen molar-refractivity contribution in [3.8, 4) is 5.75 Å². The van der Waals surface area contributed by atoms with Crippen LogP contribution in [0.15, 0.2) is 48.3 Å². The van der Waals surface area contributed by atoms with Crippen molar-refractivity contribution in [3.05, 3.63) is 53.8 Å². The van der Waals surface area contributed by atoms with Crippen LogP contribution in [0.25, 0.3) is 0 Å². The molecule has 0 bridgehead atoms. The molecule has 0 atom stereocenters. The smallest absolute Gasteiger partial charge is 0.336 e. The van der Waals surface area contributed by atoms with Gasteiger partial charge < -0.3 is 9.47 Å². The first-order chi connectivity index (χ1) is 7.69. The van der Waals surface area contributed by atoms with E-state index in [9.17, 15) is 4.79 Å². The Kier molecular flexibility index (Phi) is 2.77. The number of esters is 1. The van der Waals surface area contributed by atoms with Gasteiger partial charge in [-0.3, -0.25) is 0 Å². The lowest BCUT2D eigenvalue weighted by molar-refractivity contribution is -0.132. The zero-order valence-corrected chi connectivity index (χ0v) is 9.03. The number of methoxy groups -OCH3 is 1. The van der Waals surface area contributed by atoms with Crippen LogP contribution in [0.5, 0.6) is 5.75 Å². The van der Waals surface area contributed by atoms with E-state index in [1.165, 1.54) is 6.08 Å². The Hall–Kier alpha value is -2.03. The highest BCUT2D eigenvalue weighted by atomic mass is 16.5. The summed E-state index contributed by atoms with van der Waals surface area (Å²) in [6, 6.07) is 7.68. The molecule has 0 fully saturated rings. The van der Waals surface area contributed by atoms with E-state index in [-0.39, 0.29) is 5.97 Å². The topological polar surface area (TPSA) is 35.5 Å². The number of hydrogen-bond donors (Lipinski definition) is 0. The molecule has 0 saturated heterocycles. The largest absolute Gasteiger partial charge is 0.497 e. The molecule has 0 spiro atoms.